The summed E-state index contributed by atoms with van der Waals surface area (Å²) in [5.41, 5.74) is 21.0. The van der Waals surface area contributed by atoms with Gasteiger partial charge in [-0.3, -0.25) is 0 Å². The smallest absolute Gasteiger partial charge is 0.0727 e. The van der Waals surface area contributed by atoms with E-state index in [1.165, 1.54) is 33.4 Å². The largest absolute Gasteiger partial charge is 0.310 e. The zero-order valence-electron chi connectivity index (χ0n) is 46.4. The van der Waals surface area contributed by atoms with E-state index < -0.39 is 16.9 Å². The van der Waals surface area contributed by atoms with E-state index in [0.29, 0.717) is 11.3 Å². The second kappa shape index (κ2) is 17.4. The number of anilines is 6. The molecule has 76 heavy (non-hydrogen) atoms. The normalized spacial score (nSPS) is 15.7. The van der Waals surface area contributed by atoms with Crippen molar-refractivity contribution in [3.63, 3.8) is 0 Å². The standard InChI is InChI=1S/C74H50N2/c1-6-24-51(25-7-1)59-34-19-23-41-72(59)76(56-44-47-69-65(48-56)62-37-18-20-38-66(62)73(69,52-26-8-2-9-27-52)53-28-10-3-11-29-53)58-43-46-64-61-36-17-22-40-68(61)74(71(64)50-58)67-39-21-16-35-60(67)63-45-42-57(49-70(63)74)75(54-30-12-4-13-31-54)55-32-14-5-15-33-55/h1-50H/i1D,6D,7D,24D,25D. The number of fused-ring (bicyclic) bond motifs is 13. The van der Waals surface area contributed by atoms with Gasteiger partial charge < -0.3 is 9.80 Å². The highest BCUT2D eigenvalue weighted by molar-refractivity contribution is 5.99. The van der Waals surface area contributed by atoms with Crippen molar-refractivity contribution in [2.24, 2.45) is 0 Å². The molecule has 1 unspecified atom stereocenters. The molecular weight excluding hydrogens is 917 g/mol. The van der Waals surface area contributed by atoms with Gasteiger partial charge in [-0.25, -0.2) is 0 Å². The van der Waals surface area contributed by atoms with E-state index in [1.807, 2.05) is 24.3 Å². The molecule has 356 valence electrons. The van der Waals surface area contributed by atoms with E-state index in [4.69, 9.17) is 4.11 Å². The Labute approximate surface area is 451 Å². The summed E-state index contributed by atoms with van der Waals surface area (Å²) in [6.45, 7) is 0. The summed E-state index contributed by atoms with van der Waals surface area (Å²) in [7, 11) is 0. The summed E-state index contributed by atoms with van der Waals surface area (Å²) in [5, 5.41) is 0. The van der Waals surface area contributed by atoms with Gasteiger partial charge in [0.15, 0.2) is 0 Å². The van der Waals surface area contributed by atoms with Crippen LogP contribution in [0.1, 0.15) is 51.4 Å². The summed E-state index contributed by atoms with van der Waals surface area (Å²) in [5.74, 6) is 0. The highest BCUT2D eigenvalue weighted by Crippen LogP contribution is 2.65. The van der Waals surface area contributed by atoms with Crippen molar-refractivity contribution >= 4 is 34.1 Å². The lowest BCUT2D eigenvalue weighted by atomic mass is 9.68. The number of hydrogen-bond donors (Lipinski definition) is 0. The fourth-order valence-corrected chi connectivity index (χ4v) is 13.3. The summed E-state index contributed by atoms with van der Waals surface area (Å²) in [6, 6.07) is 95.7. The van der Waals surface area contributed by atoms with Gasteiger partial charge in [0.1, 0.15) is 0 Å². The van der Waals surface area contributed by atoms with Crippen LogP contribution in [0.25, 0.3) is 44.5 Å². The molecule has 0 aliphatic heterocycles. The number of benzene rings is 12. The maximum Gasteiger partial charge on any atom is 0.0727 e. The third-order valence-electron chi connectivity index (χ3n) is 16.2. The number of nitrogens with zero attached hydrogens (tertiary/aromatic N) is 2. The molecule has 15 rings (SSSR count). The summed E-state index contributed by atoms with van der Waals surface area (Å²) < 4.78 is 45.2. The van der Waals surface area contributed by atoms with Crippen molar-refractivity contribution in [1.82, 2.24) is 0 Å². The molecule has 12 aromatic carbocycles. The SMILES string of the molecule is [2H]c1c([2H])c([2H])c(-c2ccccc2N(c2ccc3c(c2)-c2ccccc2C3(c2ccccc2)c2ccccc2)c2ccc3c(c2)C2(c4ccccc4-c4ccc(N(c5ccccc5)c5ccccc5)cc42)c2ccccc2-3)c([2H])c1[2H]. The maximum atomic E-state index is 9.39. The summed E-state index contributed by atoms with van der Waals surface area (Å²) >= 11 is 0. The summed E-state index contributed by atoms with van der Waals surface area (Å²) in [4.78, 5) is 4.58. The molecule has 1 atom stereocenters. The van der Waals surface area contributed by atoms with Crippen LogP contribution < -0.4 is 9.80 Å². The Hall–Kier alpha value is -9.76. The molecular formula is C74H50N2. The molecule has 1 spiro atoms. The fraction of sp³-hybridized carbons (Fsp3) is 0.0270. The molecule has 0 radical (unpaired) electrons. The van der Waals surface area contributed by atoms with E-state index in [-0.39, 0.29) is 29.7 Å². The average Bonchev–Trinajstić information content (AvgIpc) is 4.30. The van der Waals surface area contributed by atoms with Gasteiger partial charge in [0.2, 0.25) is 0 Å². The van der Waals surface area contributed by atoms with Crippen LogP contribution >= 0.6 is 0 Å². The zero-order chi connectivity index (χ0) is 54.6. The van der Waals surface area contributed by atoms with Crippen LogP contribution in [0.5, 0.6) is 0 Å². The molecule has 0 saturated carbocycles. The lowest BCUT2D eigenvalue weighted by Gasteiger charge is -2.35. The summed E-state index contributed by atoms with van der Waals surface area (Å²) in [6.07, 6.45) is 0. The molecule has 3 aliphatic carbocycles. The van der Waals surface area contributed by atoms with Crippen molar-refractivity contribution in [3.8, 4) is 44.5 Å². The molecule has 3 aliphatic rings. The third kappa shape index (κ3) is 6.34. The Morgan fingerprint density at radius 2 is 0.632 bits per heavy atom. The molecule has 0 saturated heterocycles. The number of rotatable bonds is 9. The van der Waals surface area contributed by atoms with Crippen LogP contribution in [0.2, 0.25) is 0 Å². The van der Waals surface area contributed by atoms with Crippen molar-refractivity contribution in [1.29, 1.82) is 0 Å². The minimum atomic E-state index is -0.761. The Morgan fingerprint density at radius 1 is 0.250 bits per heavy atom. The van der Waals surface area contributed by atoms with Crippen LogP contribution in [0.4, 0.5) is 34.1 Å². The quantitative estimate of drug-likeness (QED) is 0.142. The Balaban J connectivity index is 1.01. The lowest BCUT2D eigenvalue weighted by molar-refractivity contribution is 0.768. The Morgan fingerprint density at radius 3 is 1.17 bits per heavy atom. The predicted octanol–water partition coefficient (Wildman–Crippen LogP) is 19.0. The fourth-order valence-electron chi connectivity index (χ4n) is 13.3. The van der Waals surface area contributed by atoms with E-state index in [0.717, 1.165) is 72.9 Å². The molecule has 0 heterocycles. The third-order valence-corrected chi connectivity index (χ3v) is 16.2. The minimum absolute atomic E-state index is 0.137. The van der Waals surface area contributed by atoms with E-state index in [9.17, 15) is 2.74 Å². The monoisotopic (exact) mass is 971 g/mol. The Bertz CT molecular complexity index is 4370. The molecule has 0 N–H and O–H groups in total. The van der Waals surface area contributed by atoms with Crippen molar-refractivity contribution in [2.45, 2.75) is 10.8 Å². The molecule has 0 amide bonds. The molecule has 0 aromatic heterocycles. The first-order valence-electron chi connectivity index (χ1n) is 28.5. The average molecular weight is 972 g/mol. The van der Waals surface area contributed by atoms with Gasteiger partial charge >= 0.3 is 0 Å². The van der Waals surface area contributed by atoms with Crippen molar-refractivity contribution < 1.29 is 6.85 Å². The second-order valence-corrected chi connectivity index (χ2v) is 19.9. The van der Waals surface area contributed by atoms with Gasteiger partial charge in [-0.05, 0) is 150 Å². The van der Waals surface area contributed by atoms with E-state index in [2.05, 4.69) is 259 Å². The molecule has 2 heteroatoms. The molecule has 12 aromatic rings. The van der Waals surface area contributed by atoms with Crippen molar-refractivity contribution in [3.05, 3.63) is 348 Å². The van der Waals surface area contributed by atoms with Gasteiger partial charge in [-0.1, -0.05) is 236 Å². The first-order chi connectivity index (χ1) is 39.8. The molecule has 2 nitrogen and oxygen atoms in total. The van der Waals surface area contributed by atoms with Gasteiger partial charge in [0.05, 0.1) is 23.4 Å². The first kappa shape index (κ1) is 38.8. The van der Waals surface area contributed by atoms with E-state index >= 15 is 0 Å². The Kier molecular flexibility index (Phi) is 8.91. The zero-order valence-corrected chi connectivity index (χ0v) is 41.4. The van der Waals surface area contributed by atoms with Gasteiger partial charge in [-0.2, -0.15) is 0 Å². The van der Waals surface area contributed by atoms with Crippen LogP contribution in [0.3, 0.4) is 0 Å². The highest BCUT2D eigenvalue weighted by atomic mass is 15.1. The number of hydrogen-bond acceptors (Lipinski definition) is 2. The molecule has 0 bridgehead atoms. The maximum absolute atomic E-state index is 9.39. The first-order valence-corrected chi connectivity index (χ1v) is 26.0. The lowest BCUT2D eigenvalue weighted by Crippen LogP contribution is -2.28. The van der Waals surface area contributed by atoms with Gasteiger partial charge in [0.25, 0.3) is 0 Å². The highest BCUT2D eigenvalue weighted by Gasteiger charge is 2.52. The molecule has 0 fully saturated rings. The van der Waals surface area contributed by atoms with Gasteiger partial charge in [0, 0.05) is 34.0 Å². The minimum Gasteiger partial charge on any atom is -0.310 e. The topological polar surface area (TPSA) is 6.48 Å². The number of para-hydroxylation sites is 3. The van der Waals surface area contributed by atoms with Crippen LogP contribution in [0, 0.1) is 0 Å². The van der Waals surface area contributed by atoms with Crippen molar-refractivity contribution in [2.75, 3.05) is 9.80 Å². The van der Waals surface area contributed by atoms with E-state index in [1.54, 1.807) is 0 Å². The van der Waals surface area contributed by atoms with Crippen LogP contribution in [-0.2, 0) is 10.8 Å². The van der Waals surface area contributed by atoms with Crippen LogP contribution in [-0.4, -0.2) is 0 Å². The predicted molar refractivity (Wildman–Crippen MR) is 315 cm³/mol. The van der Waals surface area contributed by atoms with Gasteiger partial charge in [-0.15, -0.1) is 0 Å². The second-order valence-electron chi connectivity index (χ2n) is 19.9. The van der Waals surface area contributed by atoms with Crippen LogP contribution in [0.15, 0.2) is 303 Å².